The Hall–Kier alpha value is -0.510. The average Bonchev–Trinajstić information content (AvgIpc) is 2.73. The van der Waals surface area contributed by atoms with Gasteiger partial charge in [-0.3, -0.25) is 0 Å². The lowest BCUT2D eigenvalue weighted by Gasteiger charge is -2.13. The second-order valence-corrected chi connectivity index (χ2v) is 5.42. The second-order valence-electron chi connectivity index (χ2n) is 4.19. The first-order chi connectivity index (χ1) is 7.79. The fourth-order valence-electron chi connectivity index (χ4n) is 1.88. The Morgan fingerprint density at radius 2 is 2.00 bits per heavy atom. The first kappa shape index (κ1) is 12.0. The van der Waals surface area contributed by atoms with Crippen molar-refractivity contribution < 1.29 is 9.84 Å². The SMILES string of the molecule is CC1OCCC1SCc1ccc(CO)cc1. The van der Waals surface area contributed by atoms with E-state index in [1.54, 1.807) is 0 Å². The third kappa shape index (κ3) is 3.00. The van der Waals surface area contributed by atoms with Crippen molar-refractivity contribution >= 4 is 11.8 Å². The minimum Gasteiger partial charge on any atom is -0.392 e. The van der Waals surface area contributed by atoms with Crippen molar-refractivity contribution in [2.24, 2.45) is 0 Å². The van der Waals surface area contributed by atoms with Gasteiger partial charge in [0.2, 0.25) is 0 Å². The van der Waals surface area contributed by atoms with Gasteiger partial charge in [0, 0.05) is 17.6 Å². The molecule has 3 heteroatoms. The summed E-state index contributed by atoms with van der Waals surface area (Å²) in [6.07, 6.45) is 1.56. The first-order valence-corrected chi connectivity index (χ1v) is 6.76. The minimum absolute atomic E-state index is 0.126. The normalized spacial score (nSPS) is 24.9. The lowest BCUT2D eigenvalue weighted by atomic mass is 10.2. The van der Waals surface area contributed by atoms with Gasteiger partial charge < -0.3 is 9.84 Å². The van der Waals surface area contributed by atoms with Crippen molar-refractivity contribution in [3.05, 3.63) is 35.4 Å². The predicted molar refractivity (Wildman–Crippen MR) is 67.5 cm³/mol. The molecule has 2 nitrogen and oxygen atoms in total. The molecule has 1 aliphatic heterocycles. The summed E-state index contributed by atoms with van der Waals surface area (Å²) in [5.74, 6) is 1.03. The van der Waals surface area contributed by atoms with Crippen LogP contribution in [0.2, 0.25) is 0 Å². The van der Waals surface area contributed by atoms with E-state index in [0.717, 1.165) is 17.9 Å². The number of hydrogen-bond acceptors (Lipinski definition) is 3. The van der Waals surface area contributed by atoms with E-state index in [1.165, 1.54) is 12.0 Å². The predicted octanol–water partition coefficient (Wildman–Crippen LogP) is 2.59. The fraction of sp³-hybridized carbons (Fsp3) is 0.538. The largest absolute Gasteiger partial charge is 0.392 e. The summed E-state index contributed by atoms with van der Waals surface area (Å²) in [6, 6.07) is 8.17. The molecule has 2 unspecified atom stereocenters. The Morgan fingerprint density at radius 1 is 1.31 bits per heavy atom. The first-order valence-electron chi connectivity index (χ1n) is 5.71. The quantitative estimate of drug-likeness (QED) is 0.874. The van der Waals surface area contributed by atoms with Crippen molar-refractivity contribution in [1.82, 2.24) is 0 Å². The van der Waals surface area contributed by atoms with E-state index in [1.807, 2.05) is 23.9 Å². The molecule has 0 amide bonds. The summed E-state index contributed by atoms with van der Waals surface area (Å²) in [6.45, 7) is 3.18. The molecule has 1 heterocycles. The van der Waals surface area contributed by atoms with Crippen molar-refractivity contribution in [2.75, 3.05) is 6.61 Å². The van der Waals surface area contributed by atoms with E-state index in [4.69, 9.17) is 9.84 Å². The van der Waals surface area contributed by atoms with E-state index in [-0.39, 0.29) is 6.61 Å². The van der Waals surface area contributed by atoms with Gasteiger partial charge in [0.25, 0.3) is 0 Å². The van der Waals surface area contributed by atoms with Crippen LogP contribution in [0.25, 0.3) is 0 Å². The van der Waals surface area contributed by atoms with Crippen molar-refractivity contribution in [2.45, 2.75) is 37.1 Å². The number of rotatable bonds is 4. The summed E-state index contributed by atoms with van der Waals surface area (Å²) < 4.78 is 5.54. The maximum atomic E-state index is 8.94. The number of thioether (sulfide) groups is 1. The molecule has 0 bridgehead atoms. The van der Waals surface area contributed by atoms with Crippen LogP contribution in [0.5, 0.6) is 0 Å². The molecule has 2 atom stereocenters. The molecule has 0 radical (unpaired) electrons. The molecule has 1 aromatic rings. The summed E-state index contributed by atoms with van der Waals surface area (Å²) >= 11 is 1.97. The summed E-state index contributed by atoms with van der Waals surface area (Å²) in [4.78, 5) is 0. The highest BCUT2D eigenvalue weighted by Gasteiger charge is 2.24. The third-order valence-electron chi connectivity index (χ3n) is 2.98. The van der Waals surface area contributed by atoms with Gasteiger partial charge in [-0.15, -0.1) is 0 Å². The lowest BCUT2D eigenvalue weighted by molar-refractivity contribution is 0.127. The zero-order valence-corrected chi connectivity index (χ0v) is 10.4. The van der Waals surface area contributed by atoms with Crippen LogP contribution in [-0.4, -0.2) is 23.1 Å². The van der Waals surface area contributed by atoms with Gasteiger partial charge in [0.05, 0.1) is 12.7 Å². The van der Waals surface area contributed by atoms with Gasteiger partial charge in [0.15, 0.2) is 0 Å². The van der Waals surface area contributed by atoms with E-state index in [0.29, 0.717) is 11.4 Å². The molecule has 2 rings (SSSR count). The highest BCUT2D eigenvalue weighted by atomic mass is 32.2. The standard InChI is InChI=1S/C13H18O2S/c1-10-13(6-7-15-10)16-9-12-4-2-11(8-14)3-5-12/h2-5,10,13-14H,6-9H2,1H3. The highest BCUT2D eigenvalue weighted by Crippen LogP contribution is 2.28. The molecule has 1 saturated heterocycles. The average molecular weight is 238 g/mol. The van der Waals surface area contributed by atoms with Gasteiger partial charge in [-0.2, -0.15) is 11.8 Å². The molecule has 1 aliphatic rings. The Morgan fingerprint density at radius 3 is 2.56 bits per heavy atom. The van der Waals surface area contributed by atoms with Crippen LogP contribution < -0.4 is 0 Å². The summed E-state index contributed by atoms with van der Waals surface area (Å²) in [5.41, 5.74) is 2.30. The molecule has 1 aromatic carbocycles. The van der Waals surface area contributed by atoms with E-state index >= 15 is 0 Å². The van der Waals surface area contributed by atoms with Crippen LogP contribution in [0, 0.1) is 0 Å². The number of aliphatic hydroxyl groups excluding tert-OH is 1. The molecule has 1 fully saturated rings. The Bertz CT molecular complexity index is 323. The maximum Gasteiger partial charge on any atom is 0.0681 e. The Labute approximate surface area is 101 Å². The number of hydrogen-bond donors (Lipinski definition) is 1. The van der Waals surface area contributed by atoms with Gasteiger partial charge in [-0.05, 0) is 24.5 Å². The molecule has 0 aliphatic carbocycles. The van der Waals surface area contributed by atoms with Gasteiger partial charge >= 0.3 is 0 Å². The fourth-order valence-corrected chi connectivity index (χ4v) is 3.09. The van der Waals surface area contributed by atoms with Crippen molar-refractivity contribution in [3.63, 3.8) is 0 Å². The van der Waals surface area contributed by atoms with Crippen molar-refractivity contribution in [1.29, 1.82) is 0 Å². The Kier molecular flexibility index (Phi) is 4.27. The molecule has 88 valence electrons. The second kappa shape index (κ2) is 5.71. The number of benzene rings is 1. The highest BCUT2D eigenvalue weighted by molar-refractivity contribution is 7.99. The lowest BCUT2D eigenvalue weighted by Crippen LogP contribution is -2.13. The van der Waals surface area contributed by atoms with Crippen LogP contribution in [0.1, 0.15) is 24.5 Å². The smallest absolute Gasteiger partial charge is 0.0681 e. The third-order valence-corrected chi connectivity index (χ3v) is 4.52. The zero-order valence-electron chi connectivity index (χ0n) is 9.56. The maximum absolute atomic E-state index is 8.94. The molecule has 0 spiro atoms. The van der Waals surface area contributed by atoms with Crippen molar-refractivity contribution in [3.8, 4) is 0 Å². The van der Waals surface area contributed by atoms with E-state index in [9.17, 15) is 0 Å². The molecule has 16 heavy (non-hydrogen) atoms. The summed E-state index contributed by atoms with van der Waals surface area (Å²) in [7, 11) is 0. The molecular weight excluding hydrogens is 220 g/mol. The van der Waals surface area contributed by atoms with Crippen LogP contribution in [-0.2, 0) is 17.1 Å². The topological polar surface area (TPSA) is 29.5 Å². The van der Waals surface area contributed by atoms with Crippen LogP contribution >= 0.6 is 11.8 Å². The van der Waals surface area contributed by atoms with Crippen LogP contribution in [0.15, 0.2) is 24.3 Å². The zero-order chi connectivity index (χ0) is 11.4. The van der Waals surface area contributed by atoms with Crippen LogP contribution in [0.3, 0.4) is 0 Å². The minimum atomic E-state index is 0.126. The van der Waals surface area contributed by atoms with Gasteiger partial charge in [-0.1, -0.05) is 24.3 Å². The molecule has 0 saturated carbocycles. The van der Waals surface area contributed by atoms with Gasteiger partial charge in [-0.25, -0.2) is 0 Å². The number of ether oxygens (including phenoxy) is 1. The summed E-state index contributed by atoms with van der Waals surface area (Å²) in [5, 5.41) is 9.58. The molecular formula is C13H18O2S. The van der Waals surface area contributed by atoms with Crippen LogP contribution in [0.4, 0.5) is 0 Å². The van der Waals surface area contributed by atoms with Gasteiger partial charge in [0.1, 0.15) is 0 Å². The molecule has 0 aromatic heterocycles. The monoisotopic (exact) mass is 238 g/mol. The number of aliphatic hydroxyl groups is 1. The molecule has 1 N–H and O–H groups in total. The Balaban J connectivity index is 1.84. The van der Waals surface area contributed by atoms with E-state index in [2.05, 4.69) is 19.1 Å². The van der Waals surface area contributed by atoms with E-state index < -0.39 is 0 Å².